The second-order valence-corrected chi connectivity index (χ2v) is 7.57. The monoisotopic (exact) mass is 399 g/mol. The van der Waals surface area contributed by atoms with Gasteiger partial charge in [-0.3, -0.25) is 14.5 Å². The summed E-state index contributed by atoms with van der Waals surface area (Å²) in [5, 5.41) is 6.08. The number of amides is 2. The zero-order valence-corrected chi connectivity index (χ0v) is 16.2. The lowest BCUT2D eigenvalue weighted by molar-refractivity contribution is -0.118. The summed E-state index contributed by atoms with van der Waals surface area (Å²) in [4.78, 5) is 26.7. The lowest BCUT2D eigenvalue weighted by Crippen LogP contribution is -2.40. The summed E-state index contributed by atoms with van der Waals surface area (Å²) in [6, 6.07) is 13.8. The number of nitrogens with zero attached hydrogens (tertiary/aromatic N) is 1. The molecule has 2 N–H and O–H groups in total. The van der Waals surface area contributed by atoms with Crippen LogP contribution in [0.4, 0.5) is 5.69 Å². The SMILES string of the molecule is O=C1COc2c(cc(Cl)cc2C(=O)NCC2CCCN2Cc2ccccc2)N1. The van der Waals surface area contributed by atoms with Crippen LogP contribution in [0.15, 0.2) is 42.5 Å². The predicted molar refractivity (Wildman–Crippen MR) is 108 cm³/mol. The number of benzene rings is 2. The van der Waals surface area contributed by atoms with Gasteiger partial charge >= 0.3 is 0 Å². The van der Waals surface area contributed by atoms with Gasteiger partial charge in [0.1, 0.15) is 0 Å². The van der Waals surface area contributed by atoms with Gasteiger partial charge in [-0.05, 0) is 37.1 Å². The van der Waals surface area contributed by atoms with E-state index in [1.54, 1.807) is 12.1 Å². The van der Waals surface area contributed by atoms with E-state index < -0.39 is 0 Å². The number of carbonyl (C=O) groups excluding carboxylic acids is 2. The smallest absolute Gasteiger partial charge is 0.262 e. The highest BCUT2D eigenvalue weighted by atomic mass is 35.5. The topological polar surface area (TPSA) is 70.7 Å². The molecule has 0 aromatic heterocycles. The van der Waals surface area contributed by atoms with E-state index in [0.717, 1.165) is 25.9 Å². The van der Waals surface area contributed by atoms with Crippen molar-refractivity contribution in [1.29, 1.82) is 0 Å². The Kier molecular flexibility index (Phi) is 5.50. The van der Waals surface area contributed by atoms with Crippen LogP contribution >= 0.6 is 11.6 Å². The summed E-state index contributed by atoms with van der Waals surface area (Å²) < 4.78 is 5.47. The Balaban J connectivity index is 1.42. The average molecular weight is 400 g/mol. The van der Waals surface area contributed by atoms with Gasteiger partial charge in [0.25, 0.3) is 11.8 Å². The van der Waals surface area contributed by atoms with Crippen molar-refractivity contribution in [2.75, 3.05) is 25.0 Å². The van der Waals surface area contributed by atoms with Crippen molar-refractivity contribution in [2.45, 2.75) is 25.4 Å². The molecule has 2 aliphatic heterocycles. The number of hydrogen-bond donors (Lipinski definition) is 2. The molecule has 7 heteroatoms. The van der Waals surface area contributed by atoms with Crippen LogP contribution in [0, 0.1) is 0 Å². The molecule has 1 atom stereocenters. The van der Waals surface area contributed by atoms with Crippen molar-refractivity contribution < 1.29 is 14.3 Å². The van der Waals surface area contributed by atoms with Crippen LogP contribution in [0.25, 0.3) is 0 Å². The maximum absolute atomic E-state index is 12.8. The zero-order chi connectivity index (χ0) is 19.5. The first-order valence-electron chi connectivity index (χ1n) is 9.42. The standard InChI is InChI=1S/C21H22ClN3O3/c22-15-9-17(20-18(10-15)24-19(26)13-28-20)21(27)23-11-16-7-4-8-25(16)12-14-5-2-1-3-6-14/h1-3,5-6,9-10,16H,4,7-8,11-13H2,(H,23,27)(H,24,26). The largest absolute Gasteiger partial charge is 0.481 e. The Morgan fingerprint density at radius 3 is 2.93 bits per heavy atom. The number of likely N-dealkylation sites (tertiary alicyclic amines) is 1. The van der Waals surface area contributed by atoms with Crippen molar-refractivity contribution in [3.8, 4) is 5.75 Å². The first-order valence-corrected chi connectivity index (χ1v) is 9.80. The second kappa shape index (κ2) is 8.20. The highest BCUT2D eigenvalue weighted by molar-refractivity contribution is 6.31. The summed E-state index contributed by atoms with van der Waals surface area (Å²) in [5.74, 6) is -0.140. The number of ether oxygens (including phenoxy) is 1. The molecule has 0 radical (unpaired) electrons. The molecular formula is C21H22ClN3O3. The third-order valence-electron chi connectivity index (χ3n) is 5.15. The Hall–Kier alpha value is -2.57. The molecule has 2 aromatic carbocycles. The van der Waals surface area contributed by atoms with Crippen molar-refractivity contribution in [3.05, 3.63) is 58.6 Å². The molecule has 2 amide bonds. The Morgan fingerprint density at radius 1 is 1.29 bits per heavy atom. The van der Waals surface area contributed by atoms with Crippen LogP contribution in [0.3, 0.4) is 0 Å². The molecular weight excluding hydrogens is 378 g/mol. The molecule has 146 valence electrons. The van der Waals surface area contributed by atoms with Gasteiger partial charge in [-0.1, -0.05) is 41.9 Å². The molecule has 0 bridgehead atoms. The van der Waals surface area contributed by atoms with Crippen LogP contribution in [0.1, 0.15) is 28.8 Å². The summed E-state index contributed by atoms with van der Waals surface area (Å²) >= 11 is 6.12. The van der Waals surface area contributed by atoms with E-state index in [2.05, 4.69) is 27.7 Å². The van der Waals surface area contributed by atoms with Crippen molar-refractivity contribution in [2.24, 2.45) is 0 Å². The minimum absolute atomic E-state index is 0.109. The van der Waals surface area contributed by atoms with Crippen molar-refractivity contribution in [1.82, 2.24) is 10.2 Å². The van der Waals surface area contributed by atoms with Crippen molar-refractivity contribution in [3.63, 3.8) is 0 Å². The van der Waals surface area contributed by atoms with Crippen LogP contribution in [-0.2, 0) is 11.3 Å². The Labute approximate surface area is 168 Å². The maximum Gasteiger partial charge on any atom is 0.262 e. The van der Waals surface area contributed by atoms with E-state index in [0.29, 0.717) is 34.6 Å². The molecule has 28 heavy (non-hydrogen) atoms. The number of nitrogens with one attached hydrogen (secondary N) is 2. The summed E-state index contributed by atoms with van der Waals surface area (Å²) in [6.45, 7) is 2.35. The predicted octanol–water partition coefficient (Wildman–Crippen LogP) is 3.07. The lowest BCUT2D eigenvalue weighted by Gasteiger charge is -2.25. The van der Waals surface area contributed by atoms with Crippen LogP contribution < -0.4 is 15.4 Å². The van der Waals surface area contributed by atoms with Gasteiger partial charge in [0.2, 0.25) is 0 Å². The van der Waals surface area contributed by atoms with E-state index in [1.165, 1.54) is 5.56 Å². The third-order valence-corrected chi connectivity index (χ3v) is 5.36. The van der Waals surface area contributed by atoms with E-state index in [4.69, 9.17) is 16.3 Å². The molecule has 0 saturated carbocycles. The van der Waals surface area contributed by atoms with Gasteiger partial charge in [-0.25, -0.2) is 0 Å². The van der Waals surface area contributed by atoms with Crippen molar-refractivity contribution >= 4 is 29.1 Å². The number of carbonyl (C=O) groups is 2. The fourth-order valence-electron chi connectivity index (χ4n) is 3.79. The fraction of sp³-hybridized carbons (Fsp3) is 0.333. The molecule has 1 unspecified atom stereocenters. The number of fused-ring (bicyclic) bond motifs is 1. The number of rotatable bonds is 5. The van der Waals surface area contributed by atoms with E-state index >= 15 is 0 Å². The average Bonchev–Trinajstić information content (AvgIpc) is 3.12. The molecule has 1 saturated heterocycles. The second-order valence-electron chi connectivity index (χ2n) is 7.13. The minimum Gasteiger partial charge on any atom is -0.481 e. The maximum atomic E-state index is 12.8. The molecule has 2 heterocycles. The Morgan fingerprint density at radius 2 is 2.11 bits per heavy atom. The minimum atomic E-state index is -0.261. The summed E-state index contributed by atoms with van der Waals surface area (Å²) in [7, 11) is 0. The summed E-state index contributed by atoms with van der Waals surface area (Å²) in [6.07, 6.45) is 2.17. The molecule has 0 aliphatic carbocycles. The quantitative estimate of drug-likeness (QED) is 0.810. The van der Waals surface area contributed by atoms with Gasteiger partial charge in [-0.15, -0.1) is 0 Å². The van der Waals surface area contributed by atoms with Gasteiger partial charge in [0.05, 0.1) is 11.3 Å². The van der Waals surface area contributed by atoms with E-state index in [-0.39, 0.29) is 18.4 Å². The Bertz CT molecular complexity index is 888. The molecule has 1 fully saturated rings. The molecule has 4 rings (SSSR count). The van der Waals surface area contributed by atoms with Crippen LogP contribution in [0.2, 0.25) is 5.02 Å². The summed E-state index contributed by atoms with van der Waals surface area (Å²) in [5.41, 5.74) is 2.05. The molecule has 2 aliphatic rings. The van der Waals surface area contributed by atoms with Gasteiger partial charge in [-0.2, -0.15) is 0 Å². The highest BCUT2D eigenvalue weighted by Crippen LogP contribution is 2.35. The highest BCUT2D eigenvalue weighted by Gasteiger charge is 2.27. The molecule has 2 aromatic rings. The molecule has 6 nitrogen and oxygen atoms in total. The number of anilines is 1. The van der Waals surface area contributed by atoms with E-state index in [1.807, 2.05) is 18.2 Å². The number of hydrogen-bond acceptors (Lipinski definition) is 4. The first-order chi connectivity index (χ1) is 13.6. The van der Waals surface area contributed by atoms with Gasteiger partial charge in [0.15, 0.2) is 12.4 Å². The van der Waals surface area contributed by atoms with Crippen LogP contribution in [0.5, 0.6) is 5.75 Å². The normalized spacial score (nSPS) is 18.9. The zero-order valence-electron chi connectivity index (χ0n) is 15.4. The molecule has 0 spiro atoms. The van der Waals surface area contributed by atoms with E-state index in [9.17, 15) is 9.59 Å². The number of halogens is 1. The fourth-order valence-corrected chi connectivity index (χ4v) is 4.01. The third kappa shape index (κ3) is 4.13. The first kappa shape index (κ1) is 18.8. The lowest BCUT2D eigenvalue weighted by atomic mass is 10.1. The van der Waals surface area contributed by atoms with Gasteiger partial charge < -0.3 is 15.4 Å². The van der Waals surface area contributed by atoms with Gasteiger partial charge in [0, 0.05) is 24.2 Å². The van der Waals surface area contributed by atoms with Crippen LogP contribution in [-0.4, -0.2) is 42.5 Å².